The summed E-state index contributed by atoms with van der Waals surface area (Å²) in [6.07, 6.45) is 0. The molecule has 2 aromatic rings. The van der Waals surface area contributed by atoms with Crippen LogP contribution in [-0.2, 0) is 0 Å². The second-order valence-electron chi connectivity index (χ2n) is 2.79. The second-order valence-corrected chi connectivity index (χ2v) is 3.20. The number of nitrogens with zero attached hydrogens (tertiary/aromatic N) is 2. The molecule has 15 heavy (non-hydrogen) atoms. The van der Waals surface area contributed by atoms with Gasteiger partial charge in [-0.2, -0.15) is 0 Å². The summed E-state index contributed by atoms with van der Waals surface area (Å²) in [6, 6.07) is 5.16. The van der Waals surface area contributed by atoms with Crippen molar-refractivity contribution >= 4 is 17.6 Å². The summed E-state index contributed by atoms with van der Waals surface area (Å²) < 4.78 is 10.1. The number of halogens is 1. The number of nitrogen functional groups attached to an aromatic ring is 1. The van der Waals surface area contributed by atoms with Crippen LogP contribution in [0, 0.1) is 0 Å². The fourth-order valence-electron chi connectivity index (χ4n) is 1.14. The van der Waals surface area contributed by atoms with Gasteiger partial charge in [0.1, 0.15) is 5.75 Å². The van der Waals surface area contributed by atoms with Crippen LogP contribution in [0.3, 0.4) is 0 Å². The Balaban J connectivity index is 2.45. The molecule has 0 aliphatic rings. The molecule has 0 unspecified atom stereocenters. The molecular formula is C9H8ClN3O2. The van der Waals surface area contributed by atoms with E-state index in [4.69, 9.17) is 26.5 Å². The molecule has 1 heterocycles. The quantitative estimate of drug-likeness (QED) is 0.846. The van der Waals surface area contributed by atoms with Gasteiger partial charge in [-0.25, -0.2) is 0 Å². The molecule has 5 nitrogen and oxygen atoms in total. The minimum absolute atomic E-state index is 0.0110. The number of hydrogen-bond donors (Lipinski definition) is 1. The minimum atomic E-state index is 0.0110. The van der Waals surface area contributed by atoms with E-state index in [0.29, 0.717) is 22.2 Å². The first-order valence-corrected chi connectivity index (χ1v) is 4.51. The fourth-order valence-corrected chi connectivity index (χ4v) is 1.39. The third kappa shape index (κ3) is 1.87. The largest absolute Gasteiger partial charge is 0.497 e. The van der Waals surface area contributed by atoms with E-state index >= 15 is 0 Å². The Hall–Kier alpha value is -1.75. The molecule has 6 heteroatoms. The molecule has 0 spiro atoms. The monoisotopic (exact) mass is 225 g/mol. The summed E-state index contributed by atoms with van der Waals surface area (Å²) in [4.78, 5) is 0. The number of ether oxygens (including phenoxy) is 1. The lowest BCUT2D eigenvalue weighted by Crippen LogP contribution is -1.84. The number of aromatic nitrogens is 2. The van der Waals surface area contributed by atoms with Gasteiger partial charge in [-0.05, 0) is 18.2 Å². The Morgan fingerprint density at radius 2 is 2.20 bits per heavy atom. The van der Waals surface area contributed by atoms with E-state index in [9.17, 15) is 0 Å². The summed E-state index contributed by atoms with van der Waals surface area (Å²) >= 11 is 6.00. The Bertz CT molecular complexity index is 484. The van der Waals surface area contributed by atoms with Crippen molar-refractivity contribution in [2.45, 2.75) is 0 Å². The summed E-state index contributed by atoms with van der Waals surface area (Å²) in [5, 5.41) is 7.75. The van der Waals surface area contributed by atoms with Gasteiger partial charge >= 0.3 is 6.01 Å². The van der Waals surface area contributed by atoms with E-state index in [1.54, 1.807) is 25.3 Å². The van der Waals surface area contributed by atoms with Crippen LogP contribution >= 0.6 is 11.6 Å². The molecule has 2 rings (SSSR count). The van der Waals surface area contributed by atoms with Gasteiger partial charge in [0.25, 0.3) is 5.89 Å². The Morgan fingerprint density at radius 3 is 2.73 bits per heavy atom. The van der Waals surface area contributed by atoms with Gasteiger partial charge < -0.3 is 14.9 Å². The summed E-state index contributed by atoms with van der Waals surface area (Å²) in [5.74, 6) is 0.955. The van der Waals surface area contributed by atoms with Crippen molar-refractivity contribution in [1.82, 2.24) is 10.2 Å². The van der Waals surface area contributed by atoms with E-state index in [1.807, 2.05) is 0 Å². The predicted octanol–water partition coefficient (Wildman–Crippen LogP) is 1.98. The molecule has 0 aliphatic carbocycles. The maximum absolute atomic E-state index is 6.00. The number of benzene rings is 1. The van der Waals surface area contributed by atoms with Gasteiger partial charge in [0.05, 0.1) is 17.7 Å². The van der Waals surface area contributed by atoms with Gasteiger partial charge in [-0.15, -0.1) is 5.10 Å². The highest BCUT2D eigenvalue weighted by Crippen LogP contribution is 2.30. The zero-order valence-electron chi connectivity index (χ0n) is 7.90. The number of hydrogen-bond acceptors (Lipinski definition) is 5. The van der Waals surface area contributed by atoms with Crippen molar-refractivity contribution in [3.05, 3.63) is 23.2 Å². The summed E-state index contributed by atoms with van der Waals surface area (Å²) in [5.41, 5.74) is 5.94. The molecule has 0 aliphatic heterocycles. The average Bonchev–Trinajstić information content (AvgIpc) is 2.64. The van der Waals surface area contributed by atoms with Crippen LogP contribution in [0.2, 0.25) is 5.02 Å². The summed E-state index contributed by atoms with van der Waals surface area (Å²) in [7, 11) is 1.57. The molecule has 0 saturated carbocycles. The van der Waals surface area contributed by atoms with Crippen molar-refractivity contribution in [3.63, 3.8) is 0 Å². The maximum Gasteiger partial charge on any atom is 0.313 e. The third-order valence-electron chi connectivity index (χ3n) is 1.85. The van der Waals surface area contributed by atoms with E-state index < -0.39 is 0 Å². The lowest BCUT2D eigenvalue weighted by molar-refractivity contribution is 0.415. The molecule has 0 amide bonds. The molecule has 0 atom stereocenters. The molecule has 0 radical (unpaired) electrons. The second kappa shape index (κ2) is 3.78. The Morgan fingerprint density at radius 1 is 1.40 bits per heavy atom. The minimum Gasteiger partial charge on any atom is -0.497 e. The van der Waals surface area contributed by atoms with Crippen LogP contribution in [0.25, 0.3) is 11.5 Å². The maximum atomic E-state index is 6.00. The van der Waals surface area contributed by atoms with Crippen molar-refractivity contribution in [1.29, 1.82) is 0 Å². The SMILES string of the molecule is COc1ccc(-c2nnc(N)o2)c(Cl)c1. The van der Waals surface area contributed by atoms with E-state index in [-0.39, 0.29) is 6.01 Å². The highest BCUT2D eigenvalue weighted by Gasteiger charge is 2.11. The molecular weight excluding hydrogens is 218 g/mol. The zero-order chi connectivity index (χ0) is 10.8. The van der Waals surface area contributed by atoms with Crippen molar-refractivity contribution in [2.24, 2.45) is 0 Å². The number of anilines is 1. The van der Waals surface area contributed by atoms with Crippen molar-refractivity contribution in [3.8, 4) is 17.2 Å². The Labute approximate surface area is 90.8 Å². The van der Waals surface area contributed by atoms with Gasteiger partial charge in [0, 0.05) is 0 Å². The molecule has 2 N–H and O–H groups in total. The van der Waals surface area contributed by atoms with Crippen LogP contribution in [0.5, 0.6) is 5.75 Å². The highest BCUT2D eigenvalue weighted by atomic mass is 35.5. The van der Waals surface area contributed by atoms with E-state index in [0.717, 1.165) is 0 Å². The van der Waals surface area contributed by atoms with Crippen LogP contribution in [0.4, 0.5) is 6.01 Å². The van der Waals surface area contributed by atoms with Crippen LogP contribution in [-0.4, -0.2) is 17.3 Å². The zero-order valence-corrected chi connectivity index (χ0v) is 8.65. The van der Waals surface area contributed by atoms with E-state index in [2.05, 4.69) is 10.2 Å². The fraction of sp³-hybridized carbons (Fsp3) is 0.111. The number of nitrogens with two attached hydrogens (primary N) is 1. The normalized spacial score (nSPS) is 10.3. The molecule has 1 aromatic heterocycles. The Kier molecular flexibility index (Phi) is 2.47. The summed E-state index contributed by atoms with van der Waals surface area (Å²) in [6.45, 7) is 0. The lowest BCUT2D eigenvalue weighted by Gasteiger charge is -2.02. The van der Waals surface area contributed by atoms with Gasteiger partial charge in [0.15, 0.2) is 0 Å². The molecule has 1 aromatic carbocycles. The smallest absolute Gasteiger partial charge is 0.313 e. The predicted molar refractivity (Wildman–Crippen MR) is 55.7 cm³/mol. The lowest BCUT2D eigenvalue weighted by atomic mass is 10.2. The topological polar surface area (TPSA) is 74.2 Å². The van der Waals surface area contributed by atoms with Crippen molar-refractivity contribution in [2.75, 3.05) is 12.8 Å². The van der Waals surface area contributed by atoms with Crippen LogP contribution in [0.1, 0.15) is 0 Å². The molecule has 0 fully saturated rings. The van der Waals surface area contributed by atoms with Gasteiger partial charge in [0.2, 0.25) is 0 Å². The molecule has 0 saturated heterocycles. The van der Waals surface area contributed by atoms with Crippen LogP contribution in [0.15, 0.2) is 22.6 Å². The van der Waals surface area contributed by atoms with Crippen molar-refractivity contribution < 1.29 is 9.15 Å². The van der Waals surface area contributed by atoms with E-state index in [1.165, 1.54) is 0 Å². The standard InChI is InChI=1S/C9H8ClN3O2/c1-14-5-2-3-6(7(10)4-5)8-12-13-9(11)15-8/h2-4H,1H3,(H2,11,13). The third-order valence-corrected chi connectivity index (χ3v) is 2.16. The average molecular weight is 226 g/mol. The first-order valence-electron chi connectivity index (χ1n) is 4.13. The van der Waals surface area contributed by atoms with Crippen LogP contribution < -0.4 is 10.5 Å². The highest BCUT2D eigenvalue weighted by molar-refractivity contribution is 6.33. The molecule has 0 bridgehead atoms. The molecule has 78 valence electrons. The first-order chi connectivity index (χ1) is 7.20. The number of methoxy groups -OCH3 is 1. The number of rotatable bonds is 2. The van der Waals surface area contributed by atoms with Gasteiger partial charge in [-0.3, -0.25) is 0 Å². The van der Waals surface area contributed by atoms with Gasteiger partial charge in [-0.1, -0.05) is 16.7 Å². The first kappa shape index (κ1) is 9.79.